The SMILES string of the molecule is Cc1nc2c(n1-c1cnn(C)c1)CC[C@H]1[C@H](C)C3(CC[C@]21C)OCCO3. The van der Waals surface area contributed by atoms with Gasteiger partial charge in [0.2, 0.25) is 0 Å². The summed E-state index contributed by atoms with van der Waals surface area (Å²) in [4.78, 5) is 5.09. The smallest absolute Gasteiger partial charge is 0.171 e. The summed E-state index contributed by atoms with van der Waals surface area (Å²) in [6, 6.07) is 0. The predicted molar refractivity (Wildman–Crippen MR) is 97.3 cm³/mol. The first-order valence-corrected chi connectivity index (χ1v) is 9.80. The molecule has 0 radical (unpaired) electrons. The van der Waals surface area contributed by atoms with E-state index in [1.54, 1.807) is 0 Å². The number of imidazole rings is 1. The summed E-state index contributed by atoms with van der Waals surface area (Å²) in [5, 5.41) is 4.36. The van der Waals surface area contributed by atoms with Crippen LogP contribution in [-0.4, -0.2) is 38.3 Å². The zero-order chi connectivity index (χ0) is 18.1. The van der Waals surface area contributed by atoms with E-state index in [-0.39, 0.29) is 11.2 Å². The van der Waals surface area contributed by atoms with Crippen molar-refractivity contribution in [2.75, 3.05) is 13.2 Å². The van der Waals surface area contributed by atoms with Crippen LogP contribution in [0.25, 0.3) is 5.69 Å². The molecule has 2 aromatic heterocycles. The maximum absolute atomic E-state index is 6.12. The van der Waals surface area contributed by atoms with E-state index in [4.69, 9.17) is 14.5 Å². The molecule has 5 rings (SSSR count). The first-order valence-electron chi connectivity index (χ1n) is 9.80. The van der Waals surface area contributed by atoms with E-state index in [2.05, 4.69) is 36.6 Å². The average Bonchev–Trinajstić information content (AvgIpc) is 3.31. The Balaban J connectivity index is 1.58. The Bertz CT molecular complexity index is 848. The summed E-state index contributed by atoms with van der Waals surface area (Å²) in [5.74, 6) is 1.63. The van der Waals surface area contributed by atoms with Crippen LogP contribution in [0.5, 0.6) is 0 Å². The second-order valence-corrected chi connectivity index (χ2v) is 8.52. The third-order valence-electron chi connectivity index (χ3n) is 7.21. The van der Waals surface area contributed by atoms with Gasteiger partial charge in [-0.15, -0.1) is 0 Å². The van der Waals surface area contributed by atoms with Gasteiger partial charge in [-0.25, -0.2) is 4.98 Å². The van der Waals surface area contributed by atoms with Crippen LogP contribution in [0.1, 0.15) is 50.3 Å². The zero-order valence-electron chi connectivity index (χ0n) is 16.2. The molecule has 1 spiro atoms. The van der Waals surface area contributed by atoms with Crippen molar-refractivity contribution in [3.8, 4) is 5.69 Å². The molecule has 6 heteroatoms. The molecule has 0 N–H and O–H groups in total. The molecule has 2 fully saturated rings. The molecule has 2 aromatic rings. The van der Waals surface area contributed by atoms with Gasteiger partial charge in [0, 0.05) is 36.7 Å². The molecule has 0 amide bonds. The average molecular weight is 356 g/mol. The summed E-state index contributed by atoms with van der Waals surface area (Å²) in [6.45, 7) is 8.31. The maximum Gasteiger partial charge on any atom is 0.171 e. The summed E-state index contributed by atoms with van der Waals surface area (Å²) >= 11 is 0. The summed E-state index contributed by atoms with van der Waals surface area (Å²) in [7, 11) is 1.96. The largest absolute Gasteiger partial charge is 0.347 e. The van der Waals surface area contributed by atoms with Crippen molar-refractivity contribution in [1.82, 2.24) is 19.3 Å². The summed E-state index contributed by atoms with van der Waals surface area (Å²) in [6.07, 6.45) is 8.23. The summed E-state index contributed by atoms with van der Waals surface area (Å²) < 4.78 is 16.4. The van der Waals surface area contributed by atoms with Crippen molar-refractivity contribution in [2.45, 2.75) is 57.7 Å². The predicted octanol–water partition coefficient (Wildman–Crippen LogP) is 2.91. The van der Waals surface area contributed by atoms with E-state index in [1.165, 1.54) is 11.4 Å². The first kappa shape index (κ1) is 16.5. The van der Waals surface area contributed by atoms with Gasteiger partial charge in [0.15, 0.2) is 5.79 Å². The monoisotopic (exact) mass is 356 g/mol. The number of aryl methyl sites for hydroxylation is 2. The van der Waals surface area contributed by atoms with Gasteiger partial charge in [0.05, 0.1) is 30.8 Å². The van der Waals surface area contributed by atoms with Crippen LogP contribution >= 0.6 is 0 Å². The van der Waals surface area contributed by atoms with E-state index < -0.39 is 0 Å². The van der Waals surface area contributed by atoms with Crippen molar-refractivity contribution >= 4 is 0 Å². The minimum atomic E-state index is -0.358. The lowest BCUT2D eigenvalue weighted by Gasteiger charge is -2.53. The molecule has 1 aliphatic heterocycles. The lowest BCUT2D eigenvalue weighted by molar-refractivity contribution is -0.234. The van der Waals surface area contributed by atoms with E-state index in [9.17, 15) is 0 Å². The molecular formula is C20H28N4O2. The molecule has 2 aliphatic carbocycles. The second kappa shape index (κ2) is 5.42. The molecule has 0 aromatic carbocycles. The van der Waals surface area contributed by atoms with E-state index >= 15 is 0 Å². The Morgan fingerprint density at radius 3 is 2.69 bits per heavy atom. The molecule has 6 nitrogen and oxygen atoms in total. The van der Waals surface area contributed by atoms with Crippen LogP contribution in [0.15, 0.2) is 12.4 Å². The highest BCUT2D eigenvalue weighted by Crippen LogP contribution is 2.56. The van der Waals surface area contributed by atoms with E-state index in [0.717, 1.165) is 50.4 Å². The van der Waals surface area contributed by atoms with Gasteiger partial charge >= 0.3 is 0 Å². The van der Waals surface area contributed by atoms with Crippen LogP contribution in [-0.2, 0) is 28.4 Å². The molecule has 140 valence electrons. The molecule has 0 unspecified atom stereocenters. The number of nitrogens with zero attached hydrogens (tertiary/aromatic N) is 4. The van der Waals surface area contributed by atoms with Gasteiger partial charge in [0.25, 0.3) is 0 Å². The van der Waals surface area contributed by atoms with Gasteiger partial charge in [-0.2, -0.15) is 5.10 Å². The molecule has 3 aliphatic rings. The van der Waals surface area contributed by atoms with Crippen LogP contribution in [0, 0.1) is 18.8 Å². The Morgan fingerprint density at radius 1 is 1.23 bits per heavy atom. The number of hydrogen-bond acceptors (Lipinski definition) is 4. The van der Waals surface area contributed by atoms with Crippen molar-refractivity contribution in [2.24, 2.45) is 18.9 Å². The fourth-order valence-electron chi connectivity index (χ4n) is 5.87. The summed E-state index contributed by atoms with van der Waals surface area (Å²) in [5.41, 5.74) is 3.86. The molecular weight excluding hydrogens is 328 g/mol. The number of rotatable bonds is 1. The second-order valence-electron chi connectivity index (χ2n) is 8.52. The highest BCUT2D eigenvalue weighted by Gasteiger charge is 2.58. The van der Waals surface area contributed by atoms with Crippen LogP contribution in [0.4, 0.5) is 0 Å². The standard InChI is InChI=1S/C20H28N4O2/c1-13-16-5-6-17-18(19(16,3)7-8-20(13)25-9-10-26-20)22-14(2)24(17)15-11-21-23(4)12-15/h11-13,16H,5-10H2,1-4H3/t13-,16-,19-/m0/s1. The Hall–Kier alpha value is -1.66. The van der Waals surface area contributed by atoms with Crippen molar-refractivity contribution in [3.05, 3.63) is 29.6 Å². The minimum absolute atomic E-state index is 0.0891. The number of aromatic nitrogens is 4. The molecule has 0 bridgehead atoms. The lowest BCUT2D eigenvalue weighted by atomic mass is 9.55. The molecule has 26 heavy (non-hydrogen) atoms. The Kier molecular flexibility index (Phi) is 3.44. The van der Waals surface area contributed by atoms with Gasteiger partial charge in [-0.1, -0.05) is 13.8 Å². The quantitative estimate of drug-likeness (QED) is 0.788. The topological polar surface area (TPSA) is 54.1 Å². The first-order chi connectivity index (χ1) is 12.4. The van der Waals surface area contributed by atoms with Crippen LogP contribution in [0.3, 0.4) is 0 Å². The molecule has 1 saturated carbocycles. The van der Waals surface area contributed by atoms with Gasteiger partial charge < -0.3 is 9.47 Å². The van der Waals surface area contributed by atoms with Crippen molar-refractivity contribution in [1.29, 1.82) is 0 Å². The number of ether oxygens (including phenoxy) is 2. The highest BCUT2D eigenvalue weighted by atomic mass is 16.7. The number of fused-ring (bicyclic) bond motifs is 3. The maximum atomic E-state index is 6.12. The normalized spacial score (nSPS) is 32.6. The van der Waals surface area contributed by atoms with Crippen LogP contribution < -0.4 is 0 Å². The van der Waals surface area contributed by atoms with Crippen molar-refractivity contribution < 1.29 is 9.47 Å². The van der Waals surface area contributed by atoms with E-state index in [1.807, 2.05) is 17.9 Å². The van der Waals surface area contributed by atoms with E-state index in [0.29, 0.717) is 11.8 Å². The number of hydrogen-bond donors (Lipinski definition) is 0. The molecule has 1 saturated heterocycles. The van der Waals surface area contributed by atoms with Gasteiger partial charge in [0.1, 0.15) is 5.82 Å². The fraction of sp³-hybridized carbons (Fsp3) is 0.700. The van der Waals surface area contributed by atoms with Gasteiger partial charge in [-0.3, -0.25) is 9.25 Å². The minimum Gasteiger partial charge on any atom is -0.347 e. The fourth-order valence-corrected chi connectivity index (χ4v) is 5.87. The Morgan fingerprint density at radius 2 is 2.00 bits per heavy atom. The molecule has 3 heterocycles. The highest BCUT2D eigenvalue weighted by molar-refractivity contribution is 5.39. The third kappa shape index (κ3) is 2.06. The zero-order valence-corrected chi connectivity index (χ0v) is 16.2. The third-order valence-corrected chi connectivity index (χ3v) is 7.21. The van der Waals surface area contributed by atoms with Crippen molar-refractivity contribution in [3.63, 3.8) is 0 Å². The van der Waals surface area contributed by atoms with Crippen LogP contribution in [0.2, 0.25) is 0 Å². The molecule has 3 atom stereocenters. The Labute approximate surface area is 154 Å². The lowest BCUT2D eigenvalue weighted by Crippen LogP contribution is -2.55. The van der Waals surface area contributed by atoms with Gasteiger partial charge in [-0.05, 0) is 32.1 Å².